The number of Topliss-reactive ketones (excluding diaryl/α,β-unsaturated/α-hetero) is 1. The molecular weight excluding hydrogens is 437 g/mol. The van der Waals surface area contributed by atoms with Crippen molar-refractivity contribution in [2.24, 2.45) is 0 Å². The third-order valence-electron chi connectivity index (χ3n) is 5.65. The van der Waals surface area contributed by atoms with Crippen LogP contribution in [0.1, 0.15) is 71.7 Å². The molecule has 9 nitrogen and oxygen atoms in total. The van der Waals surface area contributed by atoms with E-state index in [-0.39, 0.29) is 36.8 Å². The van der Waals surface area contributed by atoms with E-state index in [4.69, 9.17) is 0 Å². The van der Waals surface area contributed by atoms with Gasteiger partial charge in [-0.3, -0.25) is 14.6 Å². The number of hydrogen-bond acceptors (Lipinski definition) is 7. The summed E-state index contributed by atoms with van der Waals surface area (Å²) in [5.41, 5.74) is 3.79. The summed E-state index contributed by atoms with van der Waals surface area (Å²) in [7, 11) is 0. The van der Waals surface area contributed by atoms with Gasteiger partial charge in [-0.1, -0.05) is 12.1 Å². The van der Waals surface area contributed by atoms with Crippen molar-refractivity contribution in [3.8, 4) is 0 Å². The molecule has 3 aromatic heterocycles. The Morgan fingerprint density at radius 1 is 1.18 bits per heavy atom. The molecule has 1 aliphatic rings. The van der Waals surface area contributed by atoms with Gasteiger partial charge in [0, 0.05) is 12.1 Å². The van der Waals surface area contributed by atoms with Gasteiger partial charge in [-0.2, -0.15) is 5.10 Å². The third kappa shape index (κ3) is 6.49. The first kappa shape index (κ1) is 23.6. The third-order valence-corrected chi connectivity index (χ3v) is 5.65. The fraction of sp³-hybridized carbons (Fsp3) is 0.458. The number of carbonyl (C=O) groups excluding carboxylic acids is 2. The van der Waals surface area contributed by atoms with Crippen molar-refractivity contribution in [3.63, 3.8) is 0 Å². The van der Waals surface area contributed by atoms with Gasteiger partial charge in [-0.25, -0.2) is 9.07 Å². The maximum absolute atomic E-state index is 14.4. The number of anilines is 1. The Morgan fingerprint density at radius 2 is 2.00 bits per heavy atom. The van der Waals surface area contributed by atoms with Gasteiger partial charge in [-0.05, 0) is 68.4 Å². The zero-order valence-electron chi connectivity index (χ0n) is 19.4. The van der Waals surface area contributed by atoms with Crippen LogP contribution in [0.3, 0.4) is 0 Å². The zero-order valence-corrected chi connectivity index (χ0v) is 19.4. The average molecular weight is 466 g/mol. The number of carbonyl (C=O) groups is 2. The number of nitrogens with zero attached hydrogens (tertiary/aromatic N) is 6. The molecule has 3 aromatic rings. The van der Waals surface area contributed by atoms with Crippen LogP contribution in [0.4, 0.5) is 10.2 Å². The largest absolute Gasteiger partial charge is 0.309 e. The maximum atomic E-state index is 14.4. The Balaban J connectivity index is 1.24. The number of pyridine rings is 1. The lowest BCUT2D eigenvalue weighted by atomic mass is 10.1. The summed E-state index contributed by atoms with van der Waals surface area (Å²) in [6.45, 7) is 3.69. The van der Waals surface area contributed by atoms with E-state index in [2.05, 4.69) is 36.9 Å². The maximum Gasteiger partial charge on any atom is 0.231 e. The summed E-state index contributed by atoms with van der Waals surface area (Å²) in [6.07, 6.45) is 3.79. The van der Waals surface area contributed by atoms with Gasteiger partial charge in [0.25, 0.3) is 0 Å². The number of nitrogens with one attached hydrogen (secondary N) is 1. The molecule has 0 aliphatic heterocycles. The first-order chi connectivity index (χ1) is 16.4. The highest BCUT2D eigenvalue weighted by atomic mass is 19.1. The van der Waals surface area contributed by atoms with Crippen LogP contribution < -0.4 is 5.32 Å². The standard InChI is InChI=1S/C24H28FN7O2/c1-3-22(33)21-14-32(31-29-21)13-18(25)6-7-19-8-9-23(30-28-19)27-24(34)12-20-11-17(16-4-5-16)10-15(2)26-20/h8-11,14,16,18H,3-7,12-13H2,1-2H3,(H,27,30,34)/t18-/m1/s1. The molecule has 0 bridgehead atoms. The van der Waals surface area contributed by atoms with Crippen molar-refractivity contribution in [1.82, 2.24) is 30.2 Å². The fourth-order valence-corrected chi connectivity index (χ4v) is 3.72. The molecule has 10 heteroatoms. The second-order valence-corrected chi connectivity index (χ2v) is 8.68. The van der Waals surface area contributed by atoms with E-state index < -0.39 is 6.17 Å². The first-order valence-corrected chi connectivity index (χ1v) is 11.6. The molecule has 0 radical (unpaired) electrons. The molecule has 1 N–H and O–H groups in total. The molecule has 1 amide bonds. The van der Waals surface area contributed by atoms with E-state index >= 15 is 0 Å². The molecule has 178 valence electrons. The van der Waals surface area contributed by atoms with Gasteiger partial charge in [0.2, 0.25) is 5.91 Å². The highest BCUT2D eigenvalue weighted by Gasteiger charge is 2.24. The predicted molar refractivity (Wildman–Crippen MR) is 123 cm³/mol. The quantitative estimate of drug-likeness (QED) is 0.432. The van der Waals surface area contributed by atoms with Crippen LogP contribution in [0.15, 0.2) is 30.5 Å². The van der Waals surface area contributed by atoms with Crippen molar-refractivity contribution in [2.75, 3.05) is 5.32 Å². The molecule has 0 aromatic carbocycles. The van der Waals surface area contributed by atoms with Crippen LogP contribution in [0, 0.1) is 6.92 Å². The molecule has 34 heavy (non-hydrogen) atoms. The van der Waals surface area contributed by atoms with Crippen LogP contribution in [0.5, 0.6) is 0 Å². The molecule has 0 spiro atoms. The minimum absolute atomic E-state index is 0.0149. The minimum atomic E-state index is -1.17. The van der Waals surface area contributed by atoms with Gasteiger partial charge < -0.3 is 5.32 Å². The van der Waals surface area contributed by atoms with Crippen LogP contribution >= 0.6 is 0 Å². The highest BCUT2D eigenvalue weighted by molar-refractivity contribution is 5.93. The van der Waals surface area contributed by atoms with Gasteiger partial charge >= 0.3 is 0 Å². The minimum Gasteiger partial charge on any atom is -0.309 e. The fourth-order valence-electron chi connectivity index (χ4n) is 3.72. The molecule has 3 heterocycles. The predicted octanol–water partition coefficient (Wildman–Crippen LogP) is 3.39. The lowest BCUT2D eigenvalue weighted by Crippen LogP contribution is -2.17. The van der Waals surface area contributed by atoms with Crippen LogP contribution in [0.2, 0.25) is 0 Å². The lowest BCUT2D eigenvalue weighted by Gasteiger charge is -2.08. The number of ketones is 1. The molecule has 0 saturated heterocycles. The van der Waals surface area contributed by atoms with E-state index in [0.717, 1.165) is 11.4 Å². The SMILES string of the molecule is CCC(=O)c1cn(C[C@H](F)CCc2ccc(NC(=O)Cc3cc(C4CC4)cc(C)n3)nn2)nn1. The van der Waals surface area contributed by atoms with E-state index in [1.807, 2.05) is 13.0 Å². The van der Waals surface area contributed by atoms with Gasteiger partial charge in [0.05, 0.1) is 30.6 Å². The van der Waals surface area contributed by atoms with Gasteiger partial charge in [0.1, 0.15) is 11.9 Å². The number of aromatic nitrogens is 6. The topological polar surface area (TPSA) is 116 Å². The molecule has 0 unspecified atom stereocenters. The van der Waals surface area contributed by atoms with Crippen molar-refractivity contribution in [1.29, 1.82) is 0 Å². The Bertz CT molecular complexity index is 1160. The smallest absolute Gasteiger partial charge is 0.231 e. The second-order valence-electron chi connectivity index (χ2n) is 8.68. The van der Waals surface area contributed by atoms with E-state index in [0.29, 0.717) is 30.3 Å². The Morgan fingerprint density at radius 3 is 2.71 bits per heavy atom. The summed E-state index contributed by atoms with van der Waals surface area (Å²) in [6, 6.07) is 7.47. The zero-order chi connectivity index (χ0) is 24.1. The highest BCUT2D eigenvalue weighted by Crippen LogP contribution is 2.40. The molecule has 4 rings (SSSR count). The van der Waals surface area contributed by atoms with Crippen molar-refractivity contribution in [2.45, 2.75) is 71.0 Å². The summed E-state index contributed by atoms with van der Waals surface area (Å²) >= 11 is 0. The second kappa shape index (κ2) is 10.6. The number of aryl methyl sites for hydroxylation is 2. The Kier molecular flexibility index (Phi) is 7.34. The molecular formula is C24H28FN7O2. The monoisotopic (exact) mass is 465 g/mol. The van der Waals surface area contributed by atoms with Crippen LogP contribution in [-0.2, 0) is 24.2 Å². The number of halogens is 1. The molecule has 1 fully saturated rings. The molecule has 1 atom stereocenters. The van der Waals surface area contributed by atoms with E-state index in [1.54, 1.807) is 19.1 Å². The van der Waals surface area contributed by atoms with Gasteiger partial charge in [-0.15, -0.1) is 10.2 Å². The number of hydrogen-bond donors (Lipinski definition) is 1. The summed E-state index contributed by atoms with van der Waals surface area (Å²) in [5.74, 6) is 0.614. The number of alkyl halides is 1. The Labute approximate surface area is 197 Å². The normalized spacial score (nSPS) is 14.1. The first-order valence-electron chi connectivity index (χ1n) is 11.6. The Hall–Kier alpha value is -3.56. The van der Waals surface area contributed by atoms with E-state index in [9.17, 15) is 14.0 Å². The van der Waals surface area contributed by atoms with Crippen molar-refractivity contribution < 1.29 is 14.0 Å². The van der Waals surface area contributed by atoms with E-state index in [1.165, 1.54) is 29.3 Å². The molecule has 1 aliphatic carbocycles. The van der Waals surface area contributed by atoms with Crippen LogP contribution in [-0.4, -0.2) is 48.0 Å². The lowest BCUT2D eigenvalue weighted by molar-refractivity contribution is -0.115. The van der Waals surface area contributed by atoms with Crippen molar-refractivity contribution in [3.05, 3.63) is 58.8 Å². The summed E-state index contributed by atoms with van der Waals surface area (Å²) in [4.78, 5) is 28.5. The van der Waals surface area contributed by atoms with Crippen LogP contribution in [0.25, 0.3) is 0 Å². The number of amides is 1. The number of rotatable bonds is 11. The average Bonchev–Trinajstić information content (AvgIpc) is 3.57. The molecule has 1 saturated carbocycles. The summed E-state index contributed by atoms with van der Waals surface area (Å²) < 4.78 is 15.7. The van der Waals surface area contributed by atoms with Gasteiger partial charge in [0.15, 0.2) is 11.6 Å². The van der Waals surface area contributed by atoms with Crippen molar-refractivity contribution >= 4 is 17.5 Å². The summed E-state index contributed by atoms with van der Waals surface area (Å²) in [5, 5.41) is 18.4.